The third-order valence-electron chi connectivity index (χ3n) is 5.06. The van der Waals surface area contributed by atoms with Gasteiger partial charge in [0.05, 0.1) is 6.04 Å². The number of rotatable bonds is 4. The van der Waals surface area contributed by atoms with Crippen LogP contribution < -0.4 is 0 Å². The summed E-state index contributed by atoms with van der Waals surface area (Å²) in [5, 5.41) is 10.7. The molecule has 0 saturated carbocycles. The number of halogens is 1. The lowest BCUT2D eigenvalue weighted by molar-refractivity contribution is -0.130. The molecule has 1 N–H and O–H groups in total. The highest BCUT2D eigenvalue weighted by molar-refractivity contribution is 6.05. The van der Waals surface area contributed by atoms with Crippen molar-refractivity contribution in [1.82, 2.24) is 4.90 Å². The molecule has 0 radical (unpaired) electrons. The Kier molecular flexibility index (Phi) is 4.70. The number of carbonyl (C=O) groups is 1. The maximum atomic E-state index is 14.7. The van der Waals surface area contributed by atoms with Gasteiger partial charge in [0.15, 0.2) is 5.76 Å². The highest BCUT2D eigenvalue weighted by Crippen LogP contribution is 2.44. The van der Waals surface area contributed by atoms with E-state index in [2.05, 4.69) is 0 Å². The number of aryl methyl sites for hydroxylation is 1. The number of benzene rings is 3. The van der Waals surface area contributed by atoms with Crippen molar-refractivity contribution in [3.8, 4) is 0 Å². The lowest BCUT2D eigenvalue weighted by Gasteiger charge is -2.28. The Bertz CT molecular complexity index is 1040. The topological polar surface area (TPSA) is 40.5 Å². The summed E-state index contributed by atoms with van der Waals surface area (Å²) in [6.07, 6.45) is 0. The molecule has 1 aliphatic heterocycles. The molecular weight excluding hydrogens is 353 g/mol. The van der Waals surface area contributed by atoms with Crippen LogP contribution in [0.15, 0.2) is 84.6 Å². The van der Waals surface area contributed by atoms with Crippen molar-refractivity contribution in [2.75, 3.05) is 0 Å². The van der Waals surface area contributed by atoms with Crippen LogP contribution in [0.25, 0.3) is 5.57 Å². The number of nitrogens with zero attached hydrogens (tertiary/aromatic N) is 1. The van der Waals surface area contributed by atoms with E-state index in [1.54, 1.807) is 18.2 Å². The molecule has 0 aliphatic carbocycles. The molecule has 0 aromatic heterocycles. The third kappa shape index (κ3) is 3.18. The van der Waals surface area contributed by atoms with Gasteiger partial charge in [0, 0.05) is 17.7 Å². The molecule has 28 heavy (non-hydrogen) atoms. The molecule has 3 aromatic rings. The predicted molar refractivity (Wildman–Crippen MR) is 107 cm³/mol. The van der Waals surface area contributed by atoms with Gasteiger partial charge in [0.2, 0.25) is 0 Å². The zero-order valence-corrected chi connectivity index (χ0v) is 15.5. The molecule has 0 fully saturated rings. The standard InChI is InChI=1S/C24H20FNO2/c1-16-11-13-18(14-12-16)21-22(19-9-5-6-10-20(19)25)26(24(28)23(21)27)15-17-7-3-2-4-8-17/h2-14,22,27H,15H2,1H3/t22-/m0/s1. The van der Waals surface area contributed by atoms with Gasteiger partial charge in [-0.2, -0.15) is 0 Å². The van der Waals surface area contributed by atoms with Crippen molar-refractivity contribution in [3.05, 3.63) is 113 Å². The van der Waals surface area contributed by atoms with Crippen molar-refractivity contribution in [1.29, 1.82) is 0 Å². The molecule has 4 rings (SSSR count). The van der Waals surface area contributed by atoms with Crippen molar-refractivity contribution in [2.24, 2.45) is 0 Å². The van der Waals surface area contributed by atoms with E-state index >= 15 is 0 Å². The van der Waals surface area contributed by atoms with Gasteiger partial charge >= 0.3 is 0 Å². The fraction of sp³-hybridized carbons (Fsp3) is 0.125. The third-order valence-corrected chi connectivity index (χ3v) is 5.06. The minimum Gasteiger partial charge on any atom is -0.503 e. The highest BCUT2D eigenvalue weighted by atomic mass is 19.1. The second kappa shape index (κ2) is 7.31. The molecule has 0 unspecified atom stereocenters. The van der Waals surface area contributed by atoms with Crippen LogP contribution in [0.4, 0.5) is 4.39 Å². The Labute approximate surface area is 163 Å². The summed E-state index contributed by atoms with van der Waals surface area (Å²) < 4.78 is 14.7. The lowest BCUT2D eigenvalue weighted by atomic mass is 9.92. The monoisotopic (exact) mass is 373 g/mol. The average Bonchev–Trinajstić information content (AvgIpc) is 2.95. The molecule has 0 spiro atoms. The maximum absolute atomic E-state index is 14.7. The number of amides is 1. The van der Waals surface area contributed by atoms with Crippen LogP contribution in [0.5, 0.6) is 0 Å². The average molecular weight is 373 g/mol. The van der Waals surface area contributed by atoms with Crippen LogP contribution in [-0.4, -0.2) is 15.9 Å². The molecule has 1 amide bonds. The normalized spacial score (nSPS) is 16.7. The second-order valence-electron chi connectivity index (χ2n) is 6.97. The first-order chi connectivity index (χ1) is 13.6. The van der Waals surface area contributed by atoms with E-state index in [4.69, 9.17) is 0 Å². The first-order valence-electron chi connectivity index (χ1n) is 9.16. The predicted octanol–water partition coefficient (Wildman–Crippen LogP) is 5.19. The van der Waals surface area contributed by atoms with Gasteiger partial charge in [0.1, 0.15) is 5.82 Å². The van der Waals surface area contributed by atoms with E-state index in [0.29, 0.717) is 16.7 Å². The van der Waals surface area contributed by atoms with E-state index < -0.39 is 17.8 Å². The SMILES string of the molecule is Cc1ccc(C2=C(O)C(=O)N(Cc3ccccc3)[C@H]2c2ccccc2F)cc1. The van der Waals surface area contributed by atoms with Crippen LogP contribution in [0.1, 0.15) is 28.3 Å². The van der Waals surface area contributed by atoms with Crippen LogP contribution in [0, 0.1) is 12.7 Å². The minimum atomic E-state index is -0.698. The highest BCUT2D eigenvalue weighted by Gasteiger charge is 2.41. The van der Waals surface area contributed by atoms with E-state index in [1.165, 1.54) is 11.0 Å². The van der Waals surface area contributed by atoms with Crippen LogP contribution >= 0.6 is 0 Å². The van der Waals surface area contributed by atoms with Crippen molar-refractivity contribution in [2.45, 2.75) is 19.5 Å². The number of aliphatic hydroxyl groups is 1. The summed E-state index contributed by atoms with van der Waals surface area (Å²) in [6.45, 7) is 2.24. The summed E-state index contributed by atoms with van der Waals surface area (Å²) in [4.78, 5) is 14.5. The van der Waals surface area contributed by atoms with Crippen molar-refractivity contribution < 1.29 is 14.3 Å². The molecular formula is C24H20FNO2. The molecule has 0 saturated heterocycles. The molecule has 1 atom stereocenters. The van der Waals surface area contributed by atoms with E-state index in [9.17, 15) is 14.3 Å². The zero-order valence-electron chi connectivity index (χ0n) is 15.5. The molecule has 1 heterocycles. The van der Waals surface area contributed by atoms with Gasteiger partial charge in [-0.25, -0.2) is 4.39 Å². The Morgan fingerprint density at radius 1 is 0.929 bits per heavy atom. The fourth-order valence-corrected chi connectivity index (χ4v) is 3.64. The quantitative estimate of drug-likeness (QED) is 0.684. The van der Waals surface area contributed by atoms with Gasteiger partial charge in [-0.05, 0) is 24.1 Å². The second-order valence-corrected chi connectivity index (χ2v) is 6.97. The van der Waals surface area contributed by atoms with Crippen LogP contribution in [0.3, 0.4) is 0 Å². The fourth-order valence-electron chi connectivity index (χ4n) is 3.64. The van der Waals surface area contributed by atoms with Gasteiger partial charge in [-0.15, -0.1) is 0 Å². The lowest BCUT2D eigenvalue weighted by Crippen LogP contribution is -2.30. The molecule has 0 bridgehead atoms. The smallest absolute Gasteiger partial charge is 0.290 e. The Morgan fingerprint density at radius 2 is 1.57 bits per heavy atom. The molecule has 1 aliphatic rings. The van der Waals surface area contributed by atoms with Gasteiger partial charge in [0.25, 0.3) is 5.91 Å². The van der Waals surface area contributed by atoms with Crippen LogP contribution in [-0.2, 0) is 11.3 Å². The number of hydrogen-bond acceptors (Lipinski definition) is 2. The zero-order chi connectivity index (χ0) is 19.7. The molecule has 140 valence electrons. The van der Waals surface area contributed by atoms with E-state index in [1.807, 2.05) is 61.5 Å². The van der Waals surface area contributed by atoms with Gasteiger partial charge in [-0.3, -0.25) is 4.79 Å². The largest absolute Gasteiger partial charge is 0.503 e. The molecule has 3 aromatic carbocycles. The van der Waals surface area contributed by atoms with E-state index in [0.717, 1.165) is 11.1 Å². The first-order valence-corrected chi connectivity index (χ1v) is 9.16. The number of carbonyl (C=O) groups excluding carboxylic acids is 1. The Morgan fingerprint density at radius 3 is 2.25 bits per heavy atom. The van der Waals surface area contributed by atoms with Crippen molar-refractivity contribution >= 4 is 11.5 Å². The van der Waals surface area contributed by atoms with E-state index in [-0.39, 0.29) is 12.3 Å². The van der Waals surface area contributed by atoms with Gasteiger partial charge < -0.3 is 10.0 Å². The minimum absolute atomic E-state index is 0.276. The van der Waals surface area contributed by atoms with Crippen molar-refractivity contribution in [3.63, 3.8) is 0 Å². The summed E-state index contributed by atoms with van der Waals surface area (Å²) in [7, 11) is 0. The molecule has 3 nitrogen and oxygen atoms in total. The van der Waals surface area contributed by atoms with Gasteiger partial charge in [-0.1, -0.05) is 78.4 Å². The Balaban J connectivity index is 1.84. The summed E-state index contributed by atoms with van der Waals surface area (Å²) >= 11 is 0. The summed E-state index contributed by atoms with van der Waals surface area (Å²) in [5.74, 6) is -1.22. The van der Waals surface area contributed by atoms with Crippen LogP contribution in [0.2, 0.25) is 0 Å². The summed E-state index contributed by atoms with van der Waals surface area (Å²) in [6, 6.07) is 22.7. The summed E-state index contributed by atoms with van der Waals surface area (Å²) in [5.41, 5.74) is 3.49. The Hall–Kier alpha value is -3.40. The maximum Gasteiger partial charge on any atom is 0.290 e. The first kappa shape index (κ1) is 18.0. The number of aliphatic hydroxyl groups excluding tert-OH is 1. The molecule has 4 heteroatoms. The number of hydrogen-bond donors (Lipinski definition) is 1.